The van der Waals surface area contributed by atoms with E-state index in [1.165, 1.54) is 7.05 Å². The number of nitro groups is 1. The molecule has 0 bridgehead atoms. The molecule has 0 aliphatic heterocycles. The quantitative estimate of drug-likeness (QED) is 0.597. The van der Waals surface area contributed by atoms with Crippen LogP contribution in [0.3, 0.4) is 0 Å². The fraction of sp³-hybridized carbons (Fsp3) is 0.750. The maximum absolute atomic E-state index is 12.8. The standard InChI is InChI=1S/C12H18F3N3O2/c1-4-8(5-2)9(7-18(19)20)10-6-11(12(13,14)15)17(3)16-10/h6,8-9H,4-5,7H2,1-3H3/t9-/m1/s1. The van der Waals surface area contributed by atoms with Gasteiger partial charge in [0.2, 0.25) is 6.54 Å². The monoisotopic (exact) mass is 293 g/mol. The van der Waals surface area contributed by atoms with Crippen LogP contribution in [0.4, 0.5) is 13.2 Å². The Morgan fingerprint density at radius 3 is 2.30 bits per heavy atom. The van der Waals surface area contributed by atoms with Crippen molar-refractivity contribution in [1.82, 2.24) is 9.78 Å². The molecule has 1 aromatic rings. The summed E-state index contributed by atoms with van der Waals surface area (Å²) in [5, 5.41) is 14.6. The SMILES string of the molecule is CCC(CC)[C@@H](C[N+](=O)[O-])c1cc(C(F)(F)F)n(C)n1. The molecule has 1 heterocycles. The van der Waals surface area contributed by atoms with Crippen LogP contribution in [0.2, 0.25) is 0 Å². The molecule has 20 heavy (non-hydrogen) atoms. The summed E-state index contributed by atoms with van der Waals surface area (Å²) in [7, 11) is 1.20. The van der Waals surface area contributed by atoms with Crippen molar-refractivity contribution in [2.45, 2.75) is 38.8 Å². The minimum atomic E-state index is -4.51. The number of halogens is 3. The lowest BCUT2D eigenvalue weighted by Crippen LogP contribution is -2.21. The number of alkyl halides is 3. The maximum Gasteiger partial charge on any atom is 0.433 e. The molecular weight excluding hydrogens is 275 g/mol. The lowest BCUT2D eigenvalue weighted by Gasteiger charge is -2.19. The lowest BCUT2D eigenvalue weighted by atomic mass is 9.85. The third-order valence-corrected chi connectivity index (χ3v) is 3.53. The molecule has 1 aromatic heterocycles. The minimum Gasteiger partial charge on any atom is -0.265 e. The molecule has 8 heteroatoms. The van der Waals surface area contributed by atoms with E-state index >= 15 is 0 Å². The normalized spacial score (nSPS) is 13.8. The Hall–Kier alpha value is -1.60. The van der Waals surface area contributed by atoms with Crippen LogP contribution in [0.25, 0.3) is 0 Å². The van der Waals surface area contributed by atoms with Gasteiger partial charge in [0.1, 0.15) is 5.69 Å². The molecule has 0 aliphatic rings. The summed E-state index contributed by atoms with van der Waals surface area (Å²) < 4.78 is 39.0. The van der Waals surface area contributed by atoms with Gasteiger partial charge in [-0.2, -0.15) is 18.3 Å². The Morgan fingerprint density at radius 2 is 1.95 bits per heavy atom. The molecule has 1 rings (SSSR count). The number of nitrogens with zero attached hydrogens (tertiary/aromatic N) is 3. The summed E-state index contributed by atoms with van der Waals surface area (Å²) in [6.45, 7) is 3.34. The van der Waals surface area contributed by atoms with Gasteiger partial charge in [-0.3, -0.25) is 14.8 Å². The molecule has 0 radical (unpaired) electrons. The molecule has 0 N–H and O–H groups in total. The van der Waals surface area contributed by atoms with Crippen molar-refractivity contribution in [1.29, 1.82) is 0 Å². The van der Waals surface area contributed by atoms with Gasteiger partial charge in [-0.05, 0) is 12.0 Å². The molecule has 0 spiro atoms. The highest BCUT2D eigenvalue weighted by molar-refractivity contribution is 5.18. The van der Waals surface area contributed by atoms with Gasteiger partial charge >= 0.3 is 6.18 Å². The van der Waals surface area contributed by atoms with E-state index in [4.69, 9.17) is 0 Å². The van der Waals surface area contributed by atoms with Crippen molar-refractivity contribution >= 4 is 0 Å². The zero-order valence-corrected chi connectivity index (χ0v) is 11.6. The van der Waals surface area contributed by atoms with Crippen molar-refractivity contribution in [3.8, 4) is 0 Å². The molecule has 0 aliphatic carbocycles. The van der Waals surface area contributed by atoms with Gasteiger partial charge in [0.15, 0.2) is 0 Å². The average Bonchev–Trinajstić information content (AvgIpc) is 2.70. The van der Waals surface area contributed by atoms with Crippen LogP contribution in [-0.2, 0) is 13.2 Å². The van der Waals surface area contributed by atoms with Gasteiger partial charge in [0.05, 0.1) is 11.6 Å². The van der Waals surface area contributed by atoms with Crippen molar-refractivity contribution in [3.63, 3.8) is 0 Å². The highest BCUT2D eigenvalue weighted by Crippen LogP contribution is 2.34. The molecule has 5 nitrogen and oxygen atoms in total. The van der Waals surface area contributed by atoms with Crippen LogP contribution in [0.1, 0.15) is 44.0 Å². The van der Waals surface area contributed by atoms with Crippen LogP contribution < -0.4 is 0 Å². The van der Waals surface area contributed by atoms with Gasteiger partial charge in [0.25, 0.3) is 0 Å². The van der Waals surface area contributed by atoms with Crippen molar-refractivity contribution in [2.24, 2.45) is 13.0 Å². The van der Waals surface area contributed by atoms with E-state index in [9.17, 15) is 23.3 Å². The molecule has 0 amide bonds. The van der Waals surface area contributed by atoms with E-state index in [1.807, 2.05) is 13.8 Å². The van der Waals surface area contributed by atoms with Gasteiger partial charge in [-0.1, -0.05) is 26.7 Å². The highest BCUT2D eigenvalue weighted by Gasteiger charge is 2.37. The Morgan fingerprint density at radius 1 is 1.40 bits per heavy atom. The Balaban J connectivity index is 3.17. The van der Waals surface area contributed by atoms with Gasteiger partial charge in [-0.25, -0.2) is 0 Å². The third kappa shape index (κ3) is 3.71. The summed E-state index contributed by atoms with van der Waals surface area (Å²) in [5.74, 6) is -0.654. The van der Waals surface area contributed by atoms with E-state index < -0.39 is 29.3 Å². The van der Waals surface area contributed by atoms with E-state index in [0.717, 1.165) is 10.7 Å². The number of aromatic nitrogens is 2. The van der Waals surface area contributed by atoms with E-state index in [0.29, 0.717) is 12.8 Å². The number of hydrogen-bond acceptors (Lipinski definition) is 3. The second kappa shape index (κ2) is 6.23. The summed E-state index contributed by atoms with van der Waals surface area (Å²) in [5.41, 5.74) is -0.739. The van der Waals surface area contributed by atoms with Crippen LogP contribution in [0.5, 0.6) is 0 Å². The first-order valence-electron chi connectivity index (χ1n) is 6.43. The first kappa shape index (κ1) is 16.5. The fourth-order valence-electron chi connectivity index (χ4n) is 2.44. The van der Waals surface area contributed by atoms with E-state index in [-0.39, 0.29) is 11.6 Å². The van der Waals surface area contributed by atoms with Crippen LogP contribution in [0.15, 0.2) is 6.07 Å². The minimum absolute atomic E-state index is 0.0589. The zero-order valence-electron chi connectivity index (χ0n) is 11.6. The van der Waals surface area contributed by atoms with Crippen LogP contribution in [-0.4, -0.2) is 21.2 Å². The molecule has 1 atom stereocenters. The predicted molar refractivity (Wildman–Crippen MR) is 66.9 cm³/mol. The van der Waals surface area contributed by atoms with Gasteiger partial charge in [0, 0.05) is 12.0 Å². The zero-order chi connectivity index (χ0) is 15.5. The number of rotatable bonds is 6. The molecule has 0 fully saturated rings. The highest BCUT2D eigenvalue weighted by atomic mass is 19.4. The molecule has 0 unspecified atom stereocenters. The summed E-state index contributed by atoms with van der Waals surface area (Å²) >= 11 is 0. The Bertz CT molecular complexity index is 467. The third-order valence-electron chi connectivity index (χ3n) is 3.53. The van der Waals surface area contributed by atoms with Crippen molar-refractivity contribution in [2.75, 3.05) is 6.54 Å². The fourth-order valence-corrected chi connectivity index (χ4v) is 2.44. The summed E-state index contributed by atoms with van der Waals surface area (Å²) in [4.78, 5) is 10.3. The average molecular weight is 293 g/mol. The lowest BCUT2D eigenvalue weighted by molar-refractivity contribution is -0.485. The predicted octanol–water partition coefficient (Wildman–Crippen LogP) is 3.24. The second-order valence-electron chi connectivity index (χ2n) is 4.77. The Kier molecular flexibility index (Phi) is 5.13. The molecular formula is C12H18F3N3O2. The van der Waals surface area contributed by atoms with Crippen molar-refractivity contribution in [3.05, 3.63) is 27.6 Å². The van der Waals surface area contributed by atoms with Crippen molar-refractivity contribution < 1.29 is 18.1 Å². The number of aryl methyl sites for hydroxylation is 1. The van der Waals surface area contributed by atoms with E-state index in [1.54, 1.807) is 0 Å². The molecule has 0 saturated heterocycles. The van der Waals surface area contributed by atoms with Gasteiger partial charge in [-0.15, -0.1) is 0 Å². The van der Waals surface area contributed by atoms with Gasteiger partial charge < -0.3 is 0 Å². The molecule has 0 aromatic carbocycles. The first-order valence-corrected chi connectivity index (χ1v) is 6.43. The number of hydrogen-bond donors (Lipinski definition) is 0. The molecule has 0 saturated carbocycles. The van der Waals surface area contributed by atoms with Crippen LogP contribution in [0, 0.1) is 16.0 Å². The van der Waals surface area contributed by atoms with Crippen LogP contribution >= 0.6 is 0 Å². The summed E-state index contributed by atoms with van der Waals surface area (Å²) in [6, 6.07) is 0.923. The summed E-state index contributed by atoms with van der Waals surface area (Å²) in [6.07, 6.45) is -3.19. The maximum atomic E-state index is 12.8. The second-order valence-corrected chi connectivity index (χ2v) is 4.77. The largest absolute Gasteiger partial charge is 0.433 e. The Labute approximate surface area is 114 Å². The first-order chi connectivity index (χ1) is 9.20. The smallest absolute Gasteiger partial charge is 0.265 e. The van der Waals surface area contributed by atoms with E-state index in [2.05, 4.69) is 5.10 Å². The topological polar surface area (TPSA) is 61.0 Å². The molecule has 114 valence electrons.